The lowest BCUT2D eigenvalue weighted by atomic mass is 10.1. The second kappa shape index (κ2) is 3.73. The van der Waals surface area contributed by atoms with E-state index in [4.69, 9.17) is 0 Å². The Morgan fingerprint density at radius 1 is 1.50 bits per heavy atom. The van der Waals surface area contributed by atoms with Crippen LogP contribution in [0.25, 0.3) is 10.1 Å². The number of aldehydes is 1. The lowest BCUT2D eigenvalue weighted by molar-refractivity contribution is 0.112. The van der Waals surface area contributed by atoms with E-state index in [1.807, 2.05) is 11.4 Å². The van der Waals surface area contributed by atoms with Crippen LogP contribution in [0.5, 0.6) is 0 Å². The standard InChI is InChI=1S/C10H8O2S2/c11-3-6-1-2-9-10(7(6)4-12)8(13)5-14-9/h1-3,5,12-13H,4H2. The molecule has 72 valence electrons. The van der Waals surface area contributed by atoms with Gasteiger partial charge in [0.15, 0.2) is 0 Å². The lowest BCUT2D eigenvalue weighted by Gasteiger charge is -2.03. The Morgan fingerprint density at radius 3 is 2.93 bits per heavy atom. The van der Waals surface area contributed by atoms with E-state index in [2.05, 4.69) is 12.6 Å². The Labute approximate surface area is 90.6 Å². The van der Waals surface area contributed by atoms with Gasteiger partial charge in [-0.05, 0) is 17.7 Å². The molecule has 2 aromatic rings. The van der Waals surface area contributed by atoms with Crippen LogP contribution in [0.15, 0.2) is 22.4 Å². The third-order valence-corrected chi connectivity index (χ3v) is 3.62. The van der Waals surface area contributed by atoms with Crippen LogP contribution in [0.2, 0.25) is 0 Å². The minimum Gasteiger partial charge on any atom is -0.392 e. The van der Waals surface area contributed by atoms with E-state index in [1.54, 1.807) is 17.4 Å². The van der Waals surface area contributed by atoms with Gasteiger partial charge in [-0.25, -0.2) is 0 Å². The first-order valence-electron chi connectivity index (χ1n) is 4.06. The fourth-order valence-electron chi connectivity index (χ4n) is 1.48. The number of fused-ring (bicyclic) bond motifs is 1. The van der Waals surface area contributed by atoms with Crippen molar-refractivity contribution in [1.82, 2.24) is 0 Å². The van der Waals surface area contributed by atoms with Gasteiger partial charge in [-0.1, -0.05) is 0 Å². The molecule has 0 bridgehead atoms. The van der Waals surface area contributed by atoms with Crippen LogP contribution in [0.4, 0.5) is 0 Å². The van der Waals surface area contributed by atoms with Crippen molar-refractivity contribution in [2.45, 2.75) is 11.5 Å². The highest BCUT2D eigenvalue weighted by Crippen LogP contribution is 2.32. The highest BCUT2D eigenvalue weighted by Gasteiger charge is 2.10. The third-order valence-electron chi connectivity index (χ3n) is 2.15. The Kier molecular flexibility index (Phi) is 2.58. The van der Waals surface area contributed by atoms with Crippen molar-refractivity contribution in [2.75, 3.05) is 0 Å². The topological polar surface area (TPSA) is 37.3 Å². The molecule has 0 aliphatic carbocycles. The largest absolute Gasteiger partial charge is 0.392 e. The first-order chi connectivity index (χ1) is 6.77. The van der Waals surface area contributed by atoms with Crippen molar-refractivity contribution >= 4 is 40.3 Å². The van der Waals surface area contributed by atoms with Crippen molar-refractivity contribution in [3.05, 3.63) is 28.6 Å². The molecule has 2 rings (SSSR count). The summed E-state index contributed by atoms with van der Waals surface area (Å²) in [5, 5.41) is 12.0. The van der Waals surface area contributed by atoms with E-state index in [1.165, 1.54) is 0 Å². The van der Waals surface area contributed by atoms with Crippen LogP contribution in [-0.2, 0) is 6.61 Å². The number of carbonyl (C=O) groups excluding carboxylic acids is 1. The van der Waals surface area contributed by atoms with Gasteiger partial charge in [0.25, 0.3) is 0 Å². The zero-order chi connectivity index (χ0) is 10.1. The second-order valence-electron chi connectivity index (χ2n) is 2.90. The molecule has 0 fully saturated rings. The van der Waals surface area contributed by atoms with Gasteiger partial charge in [-0.15, -0.1) is 24.0 Å². The number of thiol groups is 1. The van der Waals surface area contributed by atoms with Gasteiger partial charge in [0.2, 0.25) is 0 Å². The smallest absolute Gasteiger partial charge is 0.150 e. The summed E-state index contributed by atoms with van der Waals surface area (Å²) in [5.74, 6) is 0. The lowest BCUT2D eigenvalue weighted by Crippen LogP contribution is -1.92. The van der Waals surface area contributed by atoms with Crippen LogP contribution >= 0.6 is 24.0 Å². The molecule has 0 aliphatic rings. The van der Waals surface area contributed by atoms with E-state index in [9.17, 15) is 9.90 Å². The zero-order valence-electron chi connectivity index (χ0n) is 7.23. The molecular formula is C10H8O2S2. The molecule has 0 unspecified atom stereocenters. The molecule has 1 aromatic heterocycles. The van der Waals surface area contributed by atoms with Gasteiger partial charge < -0.3 is 5.11 Å². The number of carbonyl (C=O) groups is 1. The molecular weight excluding hydrogens is 216 g/mol. The summed E-state index contributed by atoms with van der Waals surface area (Å²) >= 11 is 5.85. The molecule has 0 saturated carbocycles. The van der Waals surface area contributed by atoms with Gasteiger partial charge >= 0.3 is 0 Å². The van der Waals surface area contributed by atoms with E-state index >= 15 is 0 Å². The fourth-order valence-corrected chi connectivity index (χ4v) is 2.82. The Morgan fingerprint density at radius 2 is 2.29 bits per heavy atom. The quantitative estimate of drug-likeness (QED) is 0.607. The molecule has 2 nitrogen and oxygen atoms in total. The number of benzene rings is 1. The third kappa shape index (κ3) is 1.35. The zero-order valence-corrected chi connectivity index (χ0v) is 8.94. The average Bonchev–Trinajstić information content (AvgIpc) is 2.59. The summed E-state index contributed by atoms with van der Waals surface area (Å²) in [6, 6.07) is 3.60. The highest BCUT2D eigenvalue weighted by molar-refractivity contribution is 7.80. The monoisotopic (exact) mass is 224 g/mol. The van der Waals surface area contributed by atoms with E-state index in [0.29, 0.717) is 11.1 Å². The number of thiophene rings is 1. The normalized spacial score (nSPS) is 10.7. The number of rotatable bonds is 2. The predicted octanol–water partition coefficient (Wildman–Crippen LogP) is 2.49. The van der Waals surface area contributed by atoms with E-state index in [-0.39, 0.29) is 6.61 Å². The predicted molar refractivity (Wildman–Crippen MR) is 60.4 cm³/mol. The molecule has 1 N–H and O–H groups in total. The summed E-state index contributed by atoms with van der Waals surface area (Å²) in [5.41, 5.74) is 1.21. The molecule has 0 aliphatic heterocycles. The van der Waals surface area contributed by atoms with Crippen molar-refractivity contribution in [2.24, 2.45) is 0 Å². The van der Waals surface area contributed by atoms with Crippen LogP contribution in [-0.4, -0.2) is 11.4 Å². The molecule has 4 heteroatoms. The molecule has 0 spiro atoms. The maximum Gasteiger partial charge on any atom is 0.150 e. The fraction of sp³-hybridized carbons (Fsp3) is 0.100. The van der Waals surface area contributed by atoms with E-state index in [0.717, 1.165) is 21.3 Å². The Hall–Kier alpha value is -0.840. The van der Waals surface area contributed by atoms with Gasteiger partial charge in [-0.3, -0.25) is 4.79 Å². The van der Waals surface area contributed by atoms with Crippen molar-refractivity contribution < 1.29 is 9.90 Å². The minimum atomic E-state index is -0.129. The SMILES string of the molecule is O=Cc1ccc2scc(S)c2c1CO. The molecule has 0 amide bonds. The number of hydrogen-bond donors (Lipinski definition) is 2. The molecule has 0 radical (unpaired) electrons. The number of hydrogen-bond acceptors (Lipinski definition) is 4. The minimum absolute atomic E-state index is 0.129. The maximum atomic E-state index is 10.7. The van der Waals surface area contributed by atoms with Crippen LogP contribution in [0, 0.1) is 0 Å². The summed E-state index contributed by atoms with van der Waals surface area (Å²) in [6.45, 7) is -0.129. The van der Waals surface area contributed by atoms with Crippen molar-refractivity contribution in [3.63, 3.8) is 0 Å². The molecule has 0 saturated heterocycles. The summed E-state index contributed by atoms with van der Waals surface area (Å²) in [6.07, 6.45) is 0.760. The van der Waals surface area contributed by atoms with Crippen LogP contribution < -0.4 is 0 Å². The van der Waals surface area contributed by atoms with Gasteiger partial charge in [0.05, 0.1) is 6.61 Å². The highest BCUT2D eigenvalue weighted by atomic mass is 32.1. The summed E-state index contributed by atoms with van der Waals surface area (Å²) < 4.78 is 1.05. The van der Waals surface area contributed by atoms with Gasteiger partial charge in [0, 0.05) is 25.9 Å². The maximum absolute atomic E-state index is 10.7. The van der Waals surface area contributed by atoms with Crippen LogP contribution in [0.1, 0.15) is 15.9 Å². The second-order valence-corrected chi connectivity index (χ2v) is 4.30. The Bertz CT molecular complexity index is 488. The number of aliphatic hydroxyl groups excluding tert-OH is 1. The first-order valence-corrected chi connectivity index (χ1v) is 5.38. The summed E-state index contributed by atoms with van der Waals surface area (Å²) in [7, 11) is 0. The average molecular weight is 224 g/mol. The molecule has 1 aromatic carbocycles. The van der Waals surface area contributed by atoms with Crippen LogP contribution in [0.3, 0.4) is 0 Å². The molecule has 0 atom stereocenters. The number of aliphatic hydroxyl groups is 1. The van der Waals surface area contributed by atoms with Crippen molar-refractivity contribution in [3.8, 4) is 0 Å². The van der Waals surface area contributed by atoms with Gasteiger partial charge in [-0.2, -0.15) is 0 Å². The Balaban J connectivity index is 2.87. The molecule has 1 heterocycles. The van der Waals surface area contributed by atoms with E-state index < -0.39 is 0 Å². The molecule has 14 heavy (non-hydrogen) atoms. The first kappa shape index (κ1) is 9.71. The van der Waals surface area contributed by atoms with Gasteiger partial charge in [0.1, 0.15) is 6.29 Å². The summed E-state index contributed by atoms with van der Waals surface area (Å²) in [4.78, 5) is 11.5. The van der Waals surface area contributed by atoms with Crippen molar-refractivity contribution in [1.29, 1.82) is 0 Å².